The minimum atomic E-state index is -0.865. The Bertz CT molecular complexity index is 447. The number of nitrogens with zero attached hydrogens (tertiary/aromatic N) is 1. The van der Waals surface area contributed by atoms with Gasteiger partial charge in [0.25, 0.3) is 0 Å². The number of rotatable bonds is 2. The van der Waals surface area contributed by atoms with Crippen LogP contribution in [-0.4, -0.2) is 16.1 Å². The molecule has 1 heterocycles. The Labute approximate surface area is 73.8 Å². The van der Waals surface area contributed by atoms with Crippen LogP contribution in [0, 0.1) is 0 Å². The highest BCUT2D eigenvalue weighted by molar-refractivity contribution is 5.81. The van der Waals surface area contributed by atoms with Crippen LogP contribution in [0.15, 0.2) is 29.0 Å². The highest BCUT2D eigenvalue weighted by Crippen LogP contribution is 2.16. The number of carboxylic acids is 1. The molecule has 0 fully saturated rings. The molecule has 0 unspecified atom stereocenters. The molecular weight excluding hydrogens is 170 g/mol. The molecule has 0 radical (unpaired) electrons. The molecule has 2 rings (SSSR count). The molecule has 1 aromatic carbocycles. The van der Waals surface area contributed by atoms with E-state index in [9.17, 15) is 4.79 Å². The van der Waals surface area contributed by atoms with Gasteiger partial charge in [-0.1, -0.05) is 12.1 Å². The van der Waals surface area contributed by atoms with Gasteiger partial charge in [-0.3, -0.25) is 4.79 Å². The van der Waals surface area contributed by atoms with Gasteiger partial charge in [-0.25, -0.2) is 4.98 Å². The molecule has 1 aromatic heterocycles. The van der Waals surface area contributed by atoms with Gasteiger partial charge in [-0.2, -0.15) is 0 Å². The normalized spacial score (nSPS) is 10.5. The molecule has 0 aliphatic carbocycles. The molecule has 4 nitrogen and oxygen atoms in total. The lowest BCUT2D eigenvalue weighted by Crippen LogP contribution is -2.00. The summed E-state index contributed by atoms with van der Waals surface area (Å²) in [4.78, 5) is 14.4. The number of carboxylic acid groups (broad SMARTS) is 1. The number of fused-ring (bicyclic) bond motifs is 1. The summed E-state index contributed by atoms with van der Waals surface area (Å²) in [7, 11) is 0. The largest absolute Gasteiger partial charge is 0.481 e. The number of benzene rings is 1. The fourth-order valence-corrected chi connectivity index (χ4v) is 1.25. The Morgan fingerprint density at radius 3 is 3.15 bits per heavy atom. The minimum absolute atomic E-state index is 0.0239. The Hall–Kier alpha value is -1.84. The van der Waals surface area contributed by atoms with Gasteiger partial charge in [0.15, 0.2) is 12.0 Å². The second-order valence-electron chi connectivity index (χ2n) is 2.69. The molecular formula is C9H7NO3. The number of carbonyl (C=O) groups is 1. The molecule has 13 heavy (non-hydrogen) atoms. The average molecular weight is 177 g/mol. The topological polar surface area (TPSA) is 63.3 Å². The summed E-state index contributed by atoms with van der Waals surface area (Å²) in [5.41, 5.74) is 1.93. The van der Waals surface area contributed by atoms with Crippen LogP contribution >= 0.6 is 0 Å². The summed E-state index contributed by atoms with van der Waals surface area (Å²) in [6.45, 7) is 0. The lowest BCUT2D eigenvalue weighted by Gasteiger charge is -1.95. The van der Waals surface area contributed by atoms with E-state index in [0.717, 1.165) is 0 Å². The summed E-state index contributed by atoms with van der Waals surface area (Å²) in [5.74, 6) is -0.865. The second kappa shape index (κ2) is 2.90. The van der Waals surface area contributed by atoms with Crippen LogP contribution in [0.2, 0.25) is 0 Å². The number of aromatic nitrogens is 1. The van der Waals surface area contributed by atoms with Crippen molar-refractivity contribution in [2.24, 2.45) is 0 Å². The first kappa shape index (κ1) is 7.79. The van der Waals surface area contributed by atoms with E-state index in [1.807, 2.05) is 0 Å². The molecule has 0 amide bonds. The molecule has 0 saturated carbocycles. The lowest BCUT2D eigenvalue weighted by atomic mass is 10.1. The first-order valence-corrected chi connectivity index (χ1v) is 3.80. The zero-order valence-electron chi connectivity index (χ0n) is 6.73. The summed E-state index contributed by atoms with van der Waals surface area (Å²) >= 11 is 0. The number of hydrogen-bond acceptors (Lipinski definition) is 3. The molecule has 0 aliphatic heterocycles. The number of oxazole rings is 1. The molecule has 2 aromatic rings. The fraction of sp³-hybridized carbons (Fsp3) is 0.111. The Morgan fingerprint density at radius 1 is 1.54 bits per heavy atom. The number of hydrogen-bond donors (Lipinski definition) is 1. The van der Waals surface area contributed by atoms with Crippen LogP contribution in [0.1, 0.15) is 5.56 Å². The molecule has 0 bridgehead atoms. The SMILES string of the molecule is O=C(O)Cc1cccc2ocnc12. The minimum Gasteiger partial charge on any atom is -0.481 e. The third kappa shape index (κ3) is 1.38. The summed E-state index contributed by atoms with van der Waals surface area (Å²) in [6.07, 6.45) is 1.29. The van der Waals surface area contributed by atoms with Crippen molar-refractivity contribution in [1.29, 1.82) is 0 Å². The van der Waals surface area contributed by atoms with Crippen LogP contribution in [0.4, 0.5) is 0 Å². The number of para-hydroxylation sites is 1. The quantitative estimate of drug-likeness (QED) is 0.754. The predicted molar refractivity (Wildman–Crippen MR) is 45.3 cm³/mol. The smallest absolute Gasteiger partial charge is 0.307 e. The summed E-state index contributed by atoms with van der Waals surface area (Å²) in [6, 6.07) is 5.25. The lowest BCUT2D eigenvalue weighted by molar-refractivity contribution is -0.136. The van der Waals surface area contributed by atoms with Crippen molar-refractivity contribution in [2.75, 3.05) is 0 Å². The number of aliphatic carboxylic acids is 1. The van der Waals surface area contributed by atoms with E-state index in [1.54, 1.807) is 18.2 Å². The van der Waals surface area contributed by atoms with Gasteiger partial charge in [0.05, 0.1) is 6.42 Å². The first-order chi connectivity index (χ1) is 6.27. The highest BCUT2D eigenvalue weighted by atomic mass is 16.4. The van der Waals surface area contributed by atoms with Crippen molar-refractivity contribution in [2.45, 2.75) is 6.42 Å². The van der Waals surface area contributed by atoms with Crippen molar-refractivity contribution in [3.8, 4) is 0 Å². The highest BCUT2D eigenvalue weighted by Gasteiger charge is 2.07. The van der Waals surface area contributed by atoms with Crippen LogP contribution in [-0.2, 0) is 11.2 Å². The van der Waals surface area contributed by atoms with E-state index in [2.05, 4.69) is 4.98 Å². The van der Waals surface area contributed by atoms with Crippen molar-refractivity contribution < 1.29 is 14.3 Å². The van der Waals surface area contributed by atoms with Crippen molar-refractivity contribution in [3.05, 3.63) is 30.2 Å². The van der Waals surface area contributed by atoms with Crippen molar-refractivity contribution in [3.63, 3.8) is 0 Å². The van der Waals surface area contributed by atoms with Crippen LogP contribution < -0.4 is 0 Å². The van der Waals surface area contributed by atoms with Crippen LogP contribution in [0.25, 0.3) is 11.1 Å². The maximum absolute atomic E-state index is 10.5. The van der Waals surface area contributed by atoms with Gasteiger partial charge in [0.2, 0.25) is 0 Å². The van der Waals surface area contributed by atoms with E-state index in [4.69, 9.17) is 9.52 Å². The van der Waals surface area contributed by atoms with Crippen molar-refractivity contribution >= 4 is 17.1 Å². The van der Waals surface area contributed by atoms with Gasteiger partial charge < -0.3 is 9.52 Å². The van der Waals surface area contributed by atoms with Gasteiger partial charge in [0.1, 0.15) is 5.52 Å². The molecule has 0 atom stereocenters. The third-order valence-corrected chi connectivity index (χ3v) is 1.79. The average Bonchev–Trinajstić information content (AvgIpc) is 2.51. The van der Waals surface area contributed by atoms with E-state index >= 15 is 0 Å². The molecule has 4 heteroatoms. The second-order valence-corrected chi connectivity index (χ2v) is 2.69. The van der Waals surface area contributed by atoms with Gasteiger partial charge in [-0.15, -0.1) is 0 Å². The van der Waals surface area contributed by atoms with E-state index < -0.39 is 5.97 Å². The Balaban J connectivity index is 2.54. The Kier molecular flexibility index (Phi) is 1.73. The fourth-order valence-electron chi connectivity index (χ4n) is 1.25. The molecule has 0 spiro atoms. The maximum Gasteiger partial charge on any atom is 0.307 e. The van der Waals surface area contributed by atoms with E-state index in [0.29, 0.717) is 16.7 Å². The standard InChI is InChI=1S/C9H7NO3/c11-8(12)4-6-2-1-3-7-9(6)10-5-13-7/h1-3,5H,4H2,(H,11,12). The monoisotopic (exact) mass is 177 g/mol. The zero-order valence-corrected chi connectivity index (χ0v) is 6.73. The van der Waals surface area contributed by atoms with Gasteiger partial charge in [-0.05, 0) is 11.6 Å². The van der Waals surface area contributed by atoms with Crippen LogP contribution in [0.5, 0.6) is 0 Å². The molecule has 0 saturated heterocycles. The van der Waals surface area contributed by atoms with Crippen LogP contribution in [0.3, 0.4) is 0 Å². The van der Waals surface area contributed by atoms with E-state index in [1.165, 1.54) is 6.39 Å². The molecule has 66 valence electrons. The van der Waals surface area contributed by atoms with Crippen molar-refractivity contribution in [1.82, 2.24) is 4.98 Å². The summed E-state index contributed by atoms with van der Waals surface area (Å²) in [5, 5.41) is 8.61. The maximum atomic E-state index is 10.5. The van der Waals surface area contributed by atoms with Gasteiger partial charge in [0, 0.05) is 0 Å². The van der Waals surface area contributed by atoms with Gasteiger partial charge >= 0.3 is 5.97 Å². The predicted octanol–water partition coefficient (Wildman–Crippen LogP) is 1.45. The molecule has 0 aliphatic rings. The Morgan fingerprint density at radius 2 is 2.38 bits per heavy atom. The van der Waals surface area contributed by atoms with E-state index in [-0.39, 0.29) is 6.42 Å². The summed E-state index contributed by atoms with van der Waals surface area (Å²) < 4.78 is 5.04. The molecule has 1 N–H and O–H groups in total. The first-order valence-electron chi connectivity index (χ1n) is 3.80. The third-order valence-electron chi connectivity index (χ3n) is 1.79. The zero-order chi connectivity index (χ0) is 9.26.